The summed E-state index contributed by atoms with van der Waals surface area (Å²) in [6, 6.07) is 14.4. The molecule has 1 aromatic rings. The third kappa shape index (κ3) is 2.69. The second-order valence-electron chi connectivity index (χ2n) is 5.20. The maximum atomic E-state index is 6.37. The monoisotopic (exact) mass is 260 g/mol. The zero-order valence-corrected chi connectivity index (χ0v) is 12.8. The molecule has 0 N–H and O–H groups in total. The van der Waals surface area contributed by atoms with Crippen LogP contribution < -0.4 is 0 Å². The summed E-state index contributed by atoms with van der Waals surface area (Å²) in [5.74, 6) is 1.83. The Balaban J connectivity index is 1.99. The summed E-state index contributed by atoms with van der Waals surface area (Å²) in [4.78, 5) is 0. The van der Waals surface area contributed by atoms with Crippen molar-refractivity contribution in [2.45, 2.75) is 51.2 Å². The van der Waals surface area contributed by atoms with Crippen molar-refractivity contribution in [1.82, 2.24) is 0 Å². The molecule has 0 saturated carbocycles. The molecule has 1 aromatic carbocycles. The topological polar surface area (TPSA) is 9.23 Å². The summed E-state index contributed by atoms with van der Waals surface area (Å²) in [5, 5.41) is 0. The van der Waals surface area contributed by atoms with E-state index in [1.807, 2.05) is 0 Å². The summed E-state index contributed by atoms with van der Waals surface area (Å²) in [7, 11) is -1.45. The van der Waals surface area contributed by atoms with E-state index in [1.165, 1.54) is 29.5 Å². The summed E-state index contributed by atoms with van der Waals surface area (Å²) in [6.07, 6.45) is 3.41. The first-order valence-corrected chi connectivity index (χ1v) is 9.70. The van der Waals surface area contributed by atoms with Gasteiger partial charge in [-0.1, -0.05) is 51.1 Å². The first-order valence-electron chi connectivity index (χ1n) is 7.17. The van der Waals surface area contributed by atoms with E-state index in [0.717, 1.165) is 6.42 Å². The van der Waals surface area contributed by atoms with E-state index in [9.17, 15) is 0 Å². The predicted molar refractivity (Wildman–Crippen MR) is 80.2 cm³/mol. The highest BCUT2D eigenvalue weighted by molar-refractivity contribution is 6.73. The molecule has 0 bridgehead atoms. The van der Waals surface area contributed by atoms with Gasteiger partial charge in [-0.2, -0.15) is 0 Å². The average molecular weight is 260 g/mol. The molecule has 1 atom stereocenters. The minimum absolute atomic E-state index is 0.582. The van der Waals surface area contributed by atoms with Crippen LogP contribution in [0.1, 0.15) is 38.7 Å². The molecule has 2 rings (SSSR count). The Kier molecular flexibility index (Phi) is 4.28. The Bertz CT molecular complexity index is 398. The van der Waals surface area contributed by atoms with Crippen molar-refractivity contribution >= 4 is 8.32 Å². The Morgan fingerprint density at radius 3 is 2.11 bits per heavy atom. The van der Waals surface area contributed by atoms with Gasteiger partial charge < -0.3 is 4.43 Å². The van der Waals surface area contributed by atoms with Crippen LogP contribution in [0.15, 0.2) is 42.2 Å². The van der Waals surface area contributed by atoms with Crippen LogP contribution in [-0.2, 0) is 4.43 Å². The second kappa shape index (κ2) is 5.74. The van der Waals surface area contributed by atoms with Gasteiger partial charge in [0.25, 0.3) is 0 Å². The van der Waals surface area contributed by atoms with Crippen molar-refractivity contribution in [2.75, 3.05) is 0 Å². The third-order valence-electron chi connectivity index (χ3n) is 4.32. The van der Waals surface area contributed by atoms with Gasteiger partial charge >= 0.3 is 0 Å². The van der Waals surface area contributed by atoms with Crippen LogP contribution in [0.5, 0.6) is 0 Å². The quantitative estimate of drug-likeness (QED) is 0.648. The van der Waals surface area contributed by atoms with Gasteiger partial charge in [0.15, 0.2) is 0 Å². The van der Waals surface area contributed by atoms with E-state index in [0.29, 0.717) is 5.92 Å². The Hall–Kier alpha value is -1.02. The van der Waals surface area contributed by atoms with Crippen LogP contribution >= 0.6 is 0 Å². The number of hydrogen-bond acceptors (Lipinski definition) is 1. The molecule has 0 unspecified atom stereocenters. The average Bonchev–Trinajstić information content (AvgIpc) is 2.40. The third-order valence-corrected chi connectivity index (χ3v) is 8.88. The van der Waals surface area contributed by atoms with Crippen LogP contribution in [0.4, 0.5) is 0 Å². The Morgan fingerprint density at radius 2 is 1.61 bits per heavy atom. The van der Waals surface area contributed by atoms with Gasteiger partial charge in [0.2, 0.25) is 8.32 Å². The normalized spacial score (nSPS) is 19.1. The van der Waals surface area contributed by atoms with E-state index in [4.69, 9.17) is 4.43 Å². The fourth-order valence-corrected chi connectivity index (χ4v) is 5.28. The summed E-state index contributed by atoms with van der Waals surface area (Å²) < 4.78 is 6.37. The molecule has 0 aromatic heterocycles. The van der Waals surface area contributed by atoms with Gasteiger partial charge in [0.1, 0.15) is 0 Å². The fourth-order valence-electron chi connectivity index (χ4n) is 2.64. The van der Waals surface area contributed by atoms with E-state index >= 15 is 0 Å². The van der Waals surface area contributed by atoms with E-state index in [-0.39, 0.29) is 0 Å². The van der Waals surface area contributed by atoms with Crippen molar-refractivity contribution in [2.24, 2.45) is 0 Å². The van der Waals surface area contributed by atoms with Crippen LogP contribution in [0, 0.1) is 0 Å². The molecule has 18 heavy (non-hydrogen) atoms. The lowest BCUT2D eigenvalue weighted by atomic mass is 9.86. The molecule has 0 saturated heterocycles. The number of rotatable bonds is 6. The van der Waals surface area contributed by atoms with Crippen molar-refractivity contribution in [1.29, 1.82) is 0 Å². The highest BCUT2D eigenvalue weighted by Crippen LogP contribution is 2.38. The van der Waals surface area contributed by atoms with Gasteiger partial charge in [-0.25, -0.2) is 0 Å². The van der Waals surface area contributed by atoms with Crippen molar-refractivity contribution < 1.29 is 4.43 Å². The maximum absolute atomic E-state index is 6.37. The molecule has 0 radical (unpaired) electrons. The summed E-state index contributed by atoms with van der Waals surface area (Å²) in [5.41, 5.74) is 1.42. The Labute approximate surface area is 112 Å². The molecule has 1 nitrogen and oxygen atoms in total. The molecular formula is C16H24OSi. The number of benzene rings is 1. The molecule has 2 heteroatoms. The molecule has 0 heterocycles. The summed E-state index contributed by atoms with van der Waals surface area (Å²) in [6.45, 7) is 6.85. The van der Waals surface area contributed by atoms with Crippen LogP contribution in [0.25, 0.3) is 0 Å². The van der Waals surface area contributed by atoms with E-state index < -0.39 is 8.32 Å². The molecule has 0 amide bonds. The largest absolute Gasteiger partial charge is 0.547 e. The van der Waals surface area contributed by atoms with Gasteiger partial charge in [-0.3, -0.25) is 0 Å². The molecular weight excluding hydrogens is 236 g/mol. The minimum Gasteiger partial charge on any atom is -0.547 e. The zero-order valence-electron chi connectivity index (χ0n) is 11.8. The van der Waals surface area contributed by atoms with Crippen LogP contribution in [-0.4, -0.2) is 8.32 Å². The van der Waals surface area contributed by atoms with Gasteiger partial charge in [0, 0.05) is 12.3 Å². The zero-order chi connectivity index (χ0) is 13.0. The lowest BCUT2D eigenvalue weighted by molar-refractivity contribution is 0.349. The Morgan fingerprint density at radius 1 is 1.06 bits per heavy atom. The van der Waals surface area contributed by atoms with Gasteiger partial charge in [-0.15, -0.1) is 0 Å². The van der Waals surface area contributed by atoms with E-state index in [1.54, 1.807) is 0 Å². The van der Waals surface area contributed by atoms with Crippen molar-refractivity contribution in [3.63, 3.8) is 0 Å². The lowest BCUT2D eigenvalue weighted by Crippen LogP contribution is -2.36. The SMILES string of the molecule is CC[Si](CC)(CC)OC1=C[C@H](c2ccccc2)C1. The molecule has 0 aliphatic heterocycles. The van der Waals surface area contributed by atoms with Crippen LogP contribution in [0.2, 0.25) is 18.1 Å². The first kappa shape index (κ1) is 13.4. The fraction of sp³-hybridized carbons (Fsp3) is 0.500. The van der Waals surface area contributed by atoms with E-state index in [2.05, 4.69) is 57.2 Å². The first-order chi connectivity index (χ1) is 8.73. The molecule has 98 valence electrons. The van der Waals surface area contributed by atoms with Crippen molar-refractivity contribution in [3.05, 3.63) is 47.7 Å². The van der Waals surface area contributed by atoms with Gasteiger partial charge in [0.05, 0.1) is 5.76 Å². The minimum atomic E-state index is -1.45. The smallest absolute Gasteiger partial charge is 0.250 e. The predicted octanol–water partition coefficient (Wildman–Crippen LogP) is 5.08. The second-order valence-corrected chi connectivity index (χ2v) is 9.89. The molecule has 1 aliphatic rings. The lowest BCUT2D eigenvalue weighted by Gasteiger charge is -2.35. The summed E-state index contributed by atoms with van der Waals surface area (Å²) >= 11 is 0. The van der Waals surface area contributed by atoms with Crippen LogP contribution in [0.3, 0.4) is 0 Å². The molecule has 0 spiro atoms. The molecule has 0 fully saturated rings. The van der Waals surface area contributed by atoms with Gasteiger partial charge in [-0.05, 0) is 29.8 Å². The number of hydrogen-bond donors (Lipinski definition) is 0. The van der Waals surface area contributed by atoms with Crippen molar-refractivity contribution in [3.8, 4) is 0 Å². The number of allylic oxidation sites excluding steroid dienone is 2. The molecule has 1 aliphatic carbocycles. The highest BCUT2D eigenvalue weighted by atomic mass is 28.4. The highest BCUT2D eigenvalue weighted by Gasteiger charge is 2.34. The maximum Gasteiger partial charge on any atom is 0.250 e. The standard InChI is InChI=1S/C16H24OSi/c1-4-18(5-2,6-3)17-16-12-15(13-16)14-10-8-7-9-11-14/h7-12,15H,4-6,13H2,1-3H3/t15-/m0/s1.